The Morgan fingerprint density at radius 3 is 2.95 bits per heavy atom. The highest BCUT2D eigenvalue weighted by atomic mass is 16.5. The lowest BCUT2D eigenvalue weighted by molar-refractivity contribution is -0.143. The zero-order chi connectivity index (χ0) is 15.1. The van der Waals surface area contributed by atoms with E-state index in [0.29, 0.717) is 13.0 Å². The van der Waals surface area contributed by atoms with Crippen LogP contribution in [0.3, 0.4) is 0 Å². The predicted octanol–water partition coefficient (Wildman–Crippen LogP) is 3.23. The van der Waals surface area contributed by atoms with Gasteiger partial charge in [-0.25, -0.2) is 0 Å². The monoisotopic (exact) mass is 286 g/mol. The van der Waals surface area contributed by atoms with Crippen molar-refractivity contribution in [1.82, 2.24) is 10.3 Å². The van der Waals surface area contributed by atoms with Crippen LogP contribution in [0.1, 0.15) is 38.3 Å². The summed E-state index contributed by atoms with van der Waals surface area (Å²) in [6.45, 7) is 5.23. The van der Waals surface area contributed by atoms with Crippen molar-refractivity contribution < 1.29 is 9.53 Å². The molecule has 0 spiro atoms. The van der Waals surface area contributed by atoms with Gasteiger partial charge < -0.3 is 10.1 Å². The second-order valence-electron chi connectivity index (χ2n) is 4.97. The quantitative estimate of drug-likeness (QED) is 0.794. The van der Waals surface area contributed by atoms with Crippen LogP contribution in [0.5, 0.6) is 0 Å². The first kappa shape index (κ1) is 15.4. The first-order chi connectivity index (χ1) is 10.2. The summed E-state index contributed by atoms with van der Waals surface area (Å²) in [5.41, 5.74) is 2.06. The lowest BCUT2D eigenvalue weighted by Crippen LogP contribution is -2.25. The average Bonchev–Trinajstić information content (AvgIpc) is 2.51. The number of nitrogens with zero attached hydrogens (tertiary/aromatic N) is 1. The summed E-state index contributed by atoms with van der Waals surface area (Å²) >= 11 is 0. The van der Waals surface area contributed by atoms with E-state index in [2.05, 4.69) is 23.3 Å². The second-order valence-corrected chi connectivity index (χ2v) is 4.97. The number of nitrogens with one attached hydrogen (secondary N) is 1. The molecule has 2 aromatic rings. The highest BCUT2D eigenvalue weighted by Crippen LogP contribution is 2.22. The number of carbonyl (C=O) groups excluding carboxylic acids is 1. The second kappa shape index (κ2) is 7.74. The molecule has 0 aliphatic rings. The van der Waals surface area contributed by atoms with E-state index < -0.39 is 0 Å². The Labute approximate surface area is 125 Å². The first-order valence-electron chi connectivity index (χ1n) is 7.48. The maximum Gasteiger partial charge on any atom is 0.307 e. The van der Waals surface area contributed by atoms with Gasteiger partial charge in [0.15, 0.2) is 0 Å². The van der Waals surface area contributed by atoms with Crippen molar-refractivity contribution in [3.05, 3.63) is 42.1 Å². The molecule has 4 heteroatoms. The van der Waals surface area contributed by atoms with Crippen LogP contribution in [-0.2, 0) is 9.53 Å². The number of pyridine rings is 1. The first-order valence-corrected chi connectivity index (χ1v) is 7.48. The predicted molar refractivity (Wildman–Crippen MR) is 84.0 cm³/mol. The summed E-state index contributed by atoms with van der Waals surface area (Å²) in [5, 5.41) is 4.50. The highest BCUT2D eigenvalue weighted by molar-refractivity contribution is 5.79. The van der Waals surface area contributed by atoms with Crippen molar-refractivity contribution in [1.29, 1.82) is 0 Å². The van der Waals surface area contributed by atoms with E-state index in [1.54, 1.807) is 6.20 Å². The van der Waals surface area contributed by atoms with Gasteiger partial charge in [-0.15, -0.1) is 0 Å². The molecule has 2 rings (SSSR count). The third kappa shape index (κ3) is 4.26. The Morgan fingerprint density at radius 1 is 1.33 bits per heavy atom. The van der Waals surface area contributed by atoms with Gasteiger partial charge in [0.1, 0.15) is 0 Å². The van der Waals surface area contributed by atoms with E-state index >= 15 is 0 Å². The van der Waals surface area contributed by atoms with Crippen LogP contribution >= 0.6 is 0 Å². The largest absolute Gasteiger partial charge is 0.466 e. The van der Waals surface area contributed by atoms with E-state index in [1.165, 1.54) is 0 Å². The molecule has 21 heavy (non-hydrogen) atoms. The van der Waals surface area contributed by atoms with Crippen LogP contribution in [0.4, 0.5) is 0 Å². The minimum Gasteiger partial charge on any atom is -0.466 e. The van der Waals surface area contributed by atoms with Crippen molar-refractivity contribution in [2.24, 2.45) is 0 Å². The fourth-order valence-electron chi connectivity index (χ4n) is 2.32. The fraction of sp³-hybridized carbons (Fsp3) is 0.412. The van der Waals surface area contributed by atoms with Gasteiger partial charge in [-0.1, -0.05) is 19.1 Å². The molecule has 0 saturated carbocycles. The van der Waals surface area contributed by atoms with Crippen molar-refractivity contribution in [2.45, 2.75) is 32.7 Å². The van der Waals surface area contributed by atoms with Gasteiger partial charge >= 0.3 is 5.97 Å². The van der Waals surface area contributed by atoms with Gasteiger partial charge in [-0.3, -0.25) is 9.78 Å². The van der Waals surface area contributed by atoms with Crippen molar-refractivity contribution in [3.8, 4) is 0 Å². The number of aromatic nitrogens is 1. The van der Waals surface area contributed by atoms with Gasteiger partial charge in [-0.2, -0.15) is 0 Å². The van der Waals surface area contributed by atoms with Gasteiger partial charge in [0.2, 0.25) is 0 Å². The van der Waals surface area contributed by atoms with Gasteiger partial charge in [0, 0.05) is 17.6 Å². The van der Waals surface area contributed by atoms with Crippen LogP contribution in [0.15, 0.2) is 36.5 Å². The van der Waals surface area contributed by atoms with Crippen LogP contribution in [0.25, 0.3) is 10.9 Å². The maximum absolute atomic E-state index is 11.8. The minimum atomic E-state index is -0.169. The molecule has 4 nitrogen and oxygen atoms in total. The van der Waals surface area contributed by atoms with E-state index in [1.807, 2.05) is 31.2 Å². The minimum absolute atomic E-state index is 0.0198. The molecule has 0 saturated heterocycles. The third-order valence-electron chi connectivity index (χ3n) is 3.35. The topological polar surface area (TPSA) is 51.2 Å². The van der Waals surface area contributed by atoms with Crippen molar-refractivity contribution in [3.63, 3.8) is 0 Å². The zero-order valence-corrected chi connectivity index (χ0v) is 12.6. The molecular weight excluding hydrogens is 264 g/mol. The smallest absolute Gasteiger partial charge is 0.307 e. The Kier molecular flexibility index (Phi) is 5.69. The summed E-state index contributed by atoms with van der Waals surface area (Å²) in [5.74, 6) is -0.169. The molecule has 1 atom stereocenters. The maximum atomic E-state index is 11.8. The fourth-order valence-corrected chi connectivity index (χ4v) is 2.32. The normalized spacial score (nSPS) is 12.3. The number of ether oxygens (including phenoxy) is 1. The molecule has 112 valence electrons. The molecule has 1 unspecified atom stereocenters. The number of benzene rings is 1. The molecular formula is C17H22N2O2. The molecule has 1 aromatic heterocycles. The molecule has 0 radical (unpaired) electrons. The number of rotatable bonds is 7. The number of hydrogen-bond donors (Lipinski definition) is 1. The SMILES string of the molecule is CCCNC(CC(=O)OCC)c1ccc2ncccc2c1. The van der Waals surface area contributed by atoms with Crippen molar-refractivity contribution in [2.75, 3.05) is 13.2 Å². The molecule has 0 bridgehead atoms. The Hall–Kier alpha value is -1.94. The van der Waals surface area contributed by atoms with Crippen LogP contribution in [-0.4, -0.2) is 24.1 Å². The summed E-state index contributed by atoms with van der Waals surface area (Å²) in [4.78, 5) is 16.1. The molecule has 0 aliphatic carbocycles. The summed E-state index contributed by atoms with van der Waals surface area (Å²) in [6.07, 6.45) is 3.15. The van der Waals surface area contributed by atoms with Crippen molar-refractivity contribution >= 4 is 16.9 Å². The third-order valence-corrected chi connectivity index (χ3v) is 3.35. The van der Waals surface area contributed by atoms with Gasteiger partial charge in [0.05, 0.1) is 18.5 Å². The molecule has 1 heterocycles. The summed E-state index contributed by atoms with van der Waals surface area (Å²) in [7, 11) is 0. The molecule has 1 aromatic carbocycles. The lowest BCUT2D eigenvalue weighted by Gasteiger charge is -2.18. The zero-order valence-electron chi connectivity index (χ0n) is 12.6. The highest BCUT2D eigenvalue weighted by Gasteiger charge is 2.16. The van der Waals surface area contributed by atoms with E-state index in [0.717, 1.165) is 29.4 Å². The molecule has 0 fully saturated rings. The Bertz CT molecular complexity index is 598. The number of carbonyl (C=O) groups is 1. The lowest BCUT2D eigenvalue weighted by atomic mass is 10.0. The average molecular weight is 286 g/mol. The molecule has 1 N–H and O–H groups in total. The molecule has 0 aliphatic heterocycles. The summed E-state index contributed by atoms with van der Waals surface area (Å²) in [6, 6.07) is 10.1. The van der Waals surface area contributed by atoms with E-state index in [4.69, 9.17) is 4.74 Å². The number of fused-ring (bicyclic) bond motifs is 1. The molecule has 0 amide bonds. The van der Waals surface area contributed by atoms with Gasteiger partial charge in [0.25, 0.3) is 0 Å². The Morgan fingerprint density at radius 2 is 2.19 bits per heavy atom. The van der Waals surface area contributed by atoms with Gasteiger partial charge in [-0.05, 0) is 43.7 Å². The van der Waals surface area contributed by atoms with E-state index in [9.17, 15) is 4.79 Å². The Balaban J connectivity index is 2.22. The summed E-state index contributed by atoms with van der Waals surface area (Å²) < 4.78 is 5.07. The van der Waals surface area contributed by atoms with Crippen LogP contribution in [0.2, 0.25) is 0 Å². The van der Waals surface area contributed by atoms with E-state index in [-0.39, 0.29) is 12.0 Å². The number of hydrogen-bond acceptors (Lipinski definition) is 4. The standard InChI is InChI=1S/C17H22N2O2/c1-3-9-18-16(12-17(20)21-4-2)14-7-8-15-13(11-14)6-5-10-19-15/h5-8,10-11,16,18H,3-4,9,12H2,1-2H3. The van der Waals surface area contributed by atoms with Crippen LogP contribution < -0.4 is 5.32 Å². The number of esters is 1. The van der Waals surface area contributed by atoms with Crippen LogP contribution in [0, 0.1) is 0 Å².